The summed E-state index contributed by atoms with van der Waals surface area (Å²) in [7, 11) is 0. The first-order valence-electron chi connectivity index (χ1n) is 16.7. The van der Waals surface area contributed by atoms with E-state index in [1.807, 2.05) is 0 Å². The number of benzene rings is 4. The zero-order valence-corrected chi connectivity index (χ0v) is 27.9. The Balaban J connectivity index is 1.38. The Morgan fingerprint density at radius 2 is 1.39 bits per heavy atom. The van der Waals surface area contributed by atoms with Crippen LogP contribution in [-0.4, -0.2) is 23.4 Å². The second-order valence-corrected chi connectivity index (χ2v) is 13.8. The van der Waals surface area contributed by atoms with Gasteiger partial charge in [0, 0.05) is 47.5 Å². The molecule has 0 atom stereocenters. The minimum Gasteiger partial charge on any atom is -0.344 e. The highest BCUT2D eigenvalue weighted by Crippen LogP contribution is 2.51. The molecule has 2 aliphatic rings. The van der Waals surface area contributed by atoms with Crippen LogP contribution in [0.25, 0.3) is 21.5 Å². The van der Waals surface area contributed by atoms with Gasteiger partial charge in [-0.3, -0.25) is 0 Å². The molecule has 4 aromatic rings. The molecule has 44 heavy (non-hydrogen) atoms. The van der Waals surface area contributed by atoms with E-state index in [2.05, 4.69) is 155 Å². The van der Waals surface area contributed by atoms with Crippen molar-refractivity contribution in [1.82, 2.24) is 0 Å². The zero-order chi connectivity index (χ0) is 31.1. The third-order valence-corrected chi connectivity index (χ3v) is 9.99. The maximum Gasteiger partial charge on any atom is 0.210 e. The molecule has 0 saturated heterocycles. The van der Waals surface area contributed by atoms with Gasteiger partial charge < -0.3 is 4.90 Å². The smallest absolute Gasteiger partial charge is 0.210 e. The molecule has 0 fully saturated rings. The van der Waals surface area contributed by atoms with Gasteiger partial charge in [-0.15, -0.1) is 0 Å². The average molecular weight is 582 g/mol. The van der Waals surface area contributed by atoms with Gasteiger partial charge in [0.05, 0.1) is 5.41 Å². The summed E-state index contributed by atoms with van der Waals surface area (Å²) in [6.45, 7) is 18.5. The van der Waals surface area contributed by atoms with Gasteiger partial charge in [-0.1, -0.05) is 113 Å². The molecule has 2 aliphatic heterocycles. The van der Waals surface area contributed by atoms with Crippen LogP contribution in [0.3, 0.4) is 0 Å². The molecule has 0 spiro atoms. The number of unbranched alkanes of at least 4 members (excludes halogenated alkanes) is 2. The van der Waals surface area contributed by atoms with Gasteiger partial charge in [-0.05, 0) is 72.5 Å². The fraction of sp³-hybridized carbons (Fsp3) is 0.357. The summed E-state index contributed by atoms with van der Waals surface area (Å²) in [6, 6.07) is 27.0. The minimum absolute atomic E-state index is 0.0771. The van der Waals surface area contributed by atoms with Crippen LogP contribution in [0.2, 0.25) is 0 Å². The largest absolute Gasteiger partial charge is 0.344 e. The molecule has 0 amide bonds. The maximum absolute atomic E-state index is 2.59. The highest BCUT2D eigenvalue weighted by atomic mass is 15.2. The molecule has 0 N–H and O–H groups in total. The van der Waals surface area contributed by atoms with Crippen LogP contribution in [0.4, 0.5) is 11.4 Å². The van der Waals surface area contributed by atoms with Crippen LogP contribution < -0.4 is 4.90 Å². The zero-order valence-electron chi connectivity index (χ0n) is 27.9. The lowest BCUT2D eigenvalue weighted by molar-refractivity contribution is -0.438. The lowest BCUT2D eigenvalue weighted by Crippen LogP contribution is -2.28. The van der Waals surface area contributed by atoms with Crippen molar-refractivity contribution in [3.63, 3.8) is 0 Å². The van der Waals surface area contributed by atoms with Gasteiger partial charge in [0.15, 0.2) is 5.71 Å². The quantitative estimate of drug-likeness (QED) is 0.141. The fourth-order valence-corrected chi connectivity index (χ4v) is 7.66. The molecule has 0 saturated carbocycles. The van der Waals surface area contributed by atoms with Crippen molar-refractivity contribution < 1.29 is 4.58 Å². The number of fused-ring (bicyclic) bond motifs is 6. The Morgan fingerprint density at radius 3 is 2.07 bits per heavy atom. The normalized spacial score (nSPS) is 18.3. The van der Waals surface area contributed by atoms with Crippen molar-refractivity contribution in [3.05, 3.63) is 119 Å². The van der Waals surface area contributed by atoms with E-state index < -0.39 is 0 Å². The molecule has 0 unspecified atom stereocenters. The number of anilines is 1. The summed E-state index contributed by atoms with van der Waals surface area (Å²) in [5.74, 6) is 0. The average Bonchev–Trinajstić information content (AvgIpc) is 3.38. The Kier molecular flexibility index (Phi) is 8.14. The second kappa shape index (κ2) is 11.9. The number of rotatable bonds is 9. The van der Waals surface area contributed by atoms with Crippen molar-refractivity contribution in [3.8, 4) is 0 Å². The maximum atomic E-state index is 2.59. The molecular weight excluding hydrogens is 532 g/mol. The van der Waals surface area contributed by atoms with Crippen LogP contribution in [-0.2, 0) is 10.8 Å². The summed E-state index contributed by atoms with van der Waals surface area (Å²) in [6.07, 6.45) is 14.2. The molecule has 0 aliphatic carbocycles. The number of nitrogens with zero attached hydrogens (tertiary/aromatic N) is 2. The third kappa shape index (κ3) is 5.03. The van der Waals surface area contributed by atoms with E-state index in [4.69, 9.17) is 0 Å². The lowest BCUT2D eigenvalue weighted by Gasteiger charge is -2.27. The first-order valence-corrected chi connectivity index (χ1v) is 16.7. The highest BCUT2D eigenvalue weighted by Gasteiger charge is 2.45. The van der Waals surface area contributed by atoms with E-state index in [0.717, 1.165) is 13.1 Å². The third-order valence-electron chi connectivity index (χ3n) is 9.99. The molecule has 4 aromatic carbocycles. The Bertz CT molecular complexity index is 1840. The van der Waals surface area contributed by atoms with Gasteiger partial charge in [0.2, 0.25) is 5.69 Å². The molecule has 2 nitrogen and oxygen atoms in total. The minimum atomic E-state index is -0.0771. The molecule has 0 aromatic heterocycles. The van der Waals surface area contributed by atoms with Crippen LogP contribution in [0.1, 0.15) is 85.3 Å². The van der Waals surface area contributed by atoms with Gasteiger partial charge in [0.1, 0.15) is 6.54 Å². The Labute approximate surface area is 265 Å². The molecule has 0 bridgehead atoms. The van der Waals surface area contributed by atoms with E-state index in [1.165, 1.54) is 86.7 Å². The van der Waals surface area contributed by atoms with E-state index in [0.29, 0.717) is 0 Å². The van der Waals surface area contributed by atoms with Gasteiger partial charge >= 0.3 is 0 Å². The number of hydrogen-bond acceptors (Lipinski definition) is 1. The standard InChI is InChI=1S/C42H49N2/c1-8-10-28-43-35-24-22-31-16-12-14-18-33(31)39(35)41(4,5)37(43)26-20-30(3)21-27-38-42(6,7)40-34-19-15-13-17-32(34)23-25-36(40)44(38)29-11-9-2/h12-27H,8-11,28-29H2,1-7H3/q+1. The fourth-order valence-electron chi connectivity index (χ4n) is 7.66. The molecule has 2 heteroatoms. The van der Waals surface area contributed by atoms with Crippen LogP contribution in [0.15, 0.2) is 108 Å². The predicted octanol–water partition coefficient (Wildman–Crippen LogP) is 11.2. The van der Waals surface area contributed by atoms with E-state index in [1.54, 1.807) is 0 Å². The first-order chi connectivity index (χ1) is 21.2. The number of hydrogen-bond donors (Lipinski definition) is 0. The topological polar surface area (TPSA) is 6.25 Å². The summed E-state index contributed by atoms with van der Waals surface area (Å²) >= 11 is 0. The summed E-state index contributed by atoms with van der Waals surface area (Å²) in [4.78, 5) is 2.59. The van der Waals surface area contributed by atoms with Crippen LogP contribution >= 0.6 is 0 Å². The first kappa shape index (κ1) is 30.1. The van der Waals surface area contributed by atoms with Gasteiger partial charge in [-0.2, -0.15) is 4.58 Å². The van der Waals surface area contributed by atoms with Crippen molar-refractivity contribution in [1.29, 1.82) is 0 Å². The van der Waals surface area contributed by atoms with Gasteiger partial charge in [-0.25, -0.2) is 0 Å². The summed E-state index contributed by atoms with van der Waals surface area (Å²) < 4.78 is 2.59. The lowest BCUT2D eigenvalue weighted by atomic mass is 9.79. The molecule has 6 rings (SSSR count). The molecule has 2 heterocycles. The Morgan fingerprint density at radius 1 is 0.750 bits per heavy atom. The monoisotopic (exact) mass is 581 g/mol. The number of allylic oxidation sites excluding steroid dienone is 6. The van der Waals surface area contributed by atoms with Crippen LogP contribution in [0.5, 0.6) is 0 Å². The van der Waals surface area contributed by atoms with Crippen molar-refractivity contribution in [2.45, 2.75) is 85.0 Å². The van der Waals surface area contributed by atoms with Crippen LogP contribution in [0, 0.1) is 0 Å². The van der Waals surface area contributed by atoms with Crippen molar-refractivity contribution in [2.24, 2.45) is 0 Å². The highest BCUT2D eigenvalue weighted by molar-refractivity contribution is 6.07. The Hall–Kier alpha value is -3.91. The molecular formula is C42H49N2+. The summed E-state index contributed by atoms with van der Waals surface area (Å²) in [5, 5.41) is 5.39. The molecule has 226 valence electrons. The van der Waals surface area contributed by atoms with E-state index >= 15 is 0 Å². The van der Waals surface area contributed by atoms with E-state index in [-0.39, 0.29) is 10.8 Å². The van der Waals surface area contributed by atoms with Crippen molar-refractivity contribution in [2.75, 3.05) is 18.0 Å². The molecule has 0 radical (unpaired) electrons. The SMILES string of the molecule is CCCCN1/C(=C/C=C(C)/C=C/C2=[N+](CCCC)c3ccc4ccccc4c3C2(C)C)C(C)(C)c2c1ccc1ccccc21. The van der Waals surface area contributed by atoms with E-state index in [9.17, 15) is 0 Å². The summed E-state index contributed by atoms with van der Waals surface area (Å²) in [5.41, 5.74) is 9.55. The van der Waals surface area contributed by atoms with Gasteiger partial charge in [0.25, 0.3) is 0 Å². The predicted molar refractivity (Wildman–Crippen MR) is 192 cm³/mol. The van der Waals surface area contributed by atoms with Crippen molar-refractivity contribution >= 4 is 38.6 Å². The second-order valence-electron chi connectivity index (χ2n) is 13.8.